The van der Waals surface area contributed by atoms with Gasteiger partial charge in [-0.3, -0.25) is 4.98 Å². The summed E-state index contributed by atoms with van der Waals surface area (Å²) < 4.78 is 0. The molecule has 3 aromatic carbocycles. The Hall–Kier alpha value is -3.59. The van der Waals surface area contributed by atoms with E-state index in [0.717, 1.165) is 39.3 Å². The van der Waals surface area contributed by atoms with Gasteiger partial charge in [0.15, 0.2) is 0 Å². The molecule has 0 bridgehead atoms. The fourth-order valence-electron chi connectivity index (χ4n) is 3.28. The molecule has 0 radical (unpaired) electrons. The average Bonchev–Trinajstić information content (AvgIpc) is 2.72. The SMILES string of the molecule is Cc1nccc(N)c1Nc1c(-c2ccccc2)cccc1-c1ccccc1. The van der Waals surface area contributed by atoms with Gasteiger partial charge in [-0.2, -0.15) is 0 Å². The van der Waals surface area contributed by atoms with E-state index in [1.807, 2.05) is 25.1 Å². The predicted molar refractivity (Wildman–Crippen MR) is 114 cm³/mol. The number of aryl methyl sites for hydroxylation is 1. The third-order valence-corrected chi connectivity index (χ3v) is 4.66. The first-order chi connectivity index (χ1) is 13.2. The van der Waals surface area contributed by atoms with Crippen molar-refractivity contribution in [1.82, 2.24) is 4.98 Å². The Morgan fingerprint density at radius 2 is 1.22 bits per heavy atom. The van der Waals surface area contributed by atoms with E-state index in [-0.39, 0.29) is 0 Å². The molecule has 3 heteroatoms. The van der Waals surface area contributed by atoms with E-state index >= 15 is 0 Å². The van der Waals surface area contributed by atoms with Gasteiger partial charge in [0.2, 0.25) is 0 Å². The number of benzene rings is 3. The maximum absolute atomic E-state index is 6.24. The lowest BCUT2D eigenvalue weighted by molar-refractivity contribution is 1.20. The maximum Gasteiger partial charge on any atom is 0.0834 e. The molecule has 3 N–H and O–H groups in total. The van der Waals surface area contributed by atoms with Crippen LogP contribution in [-0.2, 0) is 0 Å². The van der Waals surface area contributed by atoms with Crippen molar-refractivity contribution in [3.63, 3.8) is 0 Å². The molecule has 0 saturated carbocycles. The molecule has 0 saturated heterocycles. The van der Waals surface area contributed by atoms with Gasteiger partial charge >= 0.3 is 0 Å². The van der Waals surface area contributed by atoms with Crippen LogP contribution in [0.2, 0.25) is 0 Å². The molecule has 0 spiro atoms. The topological polar surface area (TPSA) is 50.9 Å². The van der Waals surface area contributed by atoms with Crippen LogP contribution in [-0.4, -0.2) is 4.98 Å². The minimum atomic E-state index is 0.685. The molecular weight excluding hydrogens is 330 g/mol. The Kier molecular flexibility index (Phi) is 4.58. The van der Waals surface area contributed by atoms with E-state index in [0.29, 0.717) is 5.69 Å². The van der Waals surface area contributed by atoms with Gasteiger partial charge in [-0.15, -0.1) is 0 Å². The Bertz CT molecular complexity index is 979. The van der Waals surface area contributed by atoms with Crippen molar-refractivity contribution in [3.8, 4) is 22.3 Å². The zero-order valence-corrected chi connectivity index (χ0v) is 15.2. The van der Waals surface area contributed by atoms with E-state index < -0.39 is 0 Å². The largest absolute Gasteiger partial charge is 0.397 e. The standard InChI is InChI=1S/C24H21N3/c1-17-23(22(25)15-16-26-17)27-24-20(18-9-4-2-5-10-18)13-8-14-21(24)19-11-6-3-7-12-19/h2-16,27H,1H3,(H2,25,26). The molecule has 1 aromatic heterocycles. The highest BCUT2D eigenvalue weighted by Gasteiger charge is 2.14. The fraction of sp³-hybridized carbons (Fsp3) is 0.0417. The van der Waals surface area contributed by atoms with E-state index in [2.05, 4.69) is 77.0 Å². The summed E-state index contributed by atoms with van der Waals surface area (Å²) in [5.41, 5.74) is 14.2. The van der Waals surface area contributed by atoms with Crippen molar-refractivity contribution < 1.29 is 0 Å². The number of hydrogen-bond donors (Lipinski definition) is 2. The van der Waals surface area contributed by atoms with Crippen molar-refractivity contribution >= 4 is 17.1 Å². The first kappa shape index (κ1) is 16.9. The van der Waals surface area contributed by atoms with Crippen molar-refractivity contribution in [2.24, 2.45) is 0 Å². The van der Waals surface area contributed by atoms with Gasteiger partial charge in [-0.25, -0.2) is 0 Å². The minimum Gasteiger partial charge on any atom is -0.397 e. The molecule has 4 aromatic rings. The van der Waals surface area contributed by atoms with Crippen molar-refractivity contribution in [2.75, 3.05) is 11.1 Å². The number of para-hydroxylation sites is 1. The molecule has 0 atom stereocenters. The van der Waals surface area contributed by atoms with Crippen LogP contribution in [0.25, 0.3) is 22.3 Å². The molecule has 0 unspecified atom stereocenters. The quantitative estimate of drug-likeness (QED) is 0.470. The van der Waals surface area contributed by atoms with Gasteiger partial charge < -0.3 is 11.1 Å². The van der Waals surface area contributed by atoms with E-state index in [1.54, 1.807) is 6.20 Å². The van der Waals surface area contributed by atoms with E-state index in [9.17, 15) is 0 Å². The molecule has 0 aliphatic rings. The number of anilines is 3. The molecule has 0 fully saturated rings. The Morgan fingerprint density at radius 1 is 0.667 bits per heavy atom. The van der Waals surface area contributed by atoms with Crippen molar-refractivity contribution in [2.45, 2.75) is 6.92 Å². The first-order valence-corrected chi connectivity index (χ1v) is 8.96. The van der Waals surface area contributed by atoms with Crippen LogP contribution >= 0.6 is 0 Å². The summed E-state index contributed by atoms with van der Waals surface area (Å²) in [4.78, 5) is 4.40. The van der Waals surface area contributed by atoms with Gasteiger partial charge in [0, 0.05) is 17.3 Å². The van der Waals surface area contributed by atoms with Crippen LogP contribution in [0.15, 0.2) is 91.1 Å². The van der Waals surface area contributed by atoms with Crippen LogP contribution in [0.1, 0.15) is 5.69 Å². The van der Waals surface area contributed by atoms with Crippen LogP contribution < -0.4 is 11.1 Å². The molecule has 1 heterocycles. The smallest absolute Gasteiger partial charge is 0.0834 e. The van der Waals surface area contributed by atoms with Gasteiger partial charge in [-0.05, 0) is 24.1 Å². The number of nitrogens with one attached hydrogen (secondary N) is 1. The third kappa shape index (κ3) is 3.40. The summed E-state index contributed by atoms with van der Waals surface area (Å²) in [7, 11) is 0. The number of hydrogen-bond acceptors (Lipinski definition) is 3. The van der Waals surface area contributed by atoms with Crippen molar-refractivity contribution in [3.05, 3.63) is 96.8 Å². The third-order valence-electron chi connectivity index (χ3n) is 4.66. The highest BCUT2D eigenvalue weighted by molar-refractivity contribution is 5.94. The summed E-state index contributed by atoms with van der Waals surface area (Å²) >= 11 is 0. The number of aromatic nitrogens is 1. The summed E-state index contributed by atoms with van der Waals surface area (Å²) in [6.45, 7) is 1.96. The van der Waals surface area contributed by atoms with Crippen LogP contribution in [0.4, 0.5) is 17.1 Å². The van der Waals surface area contributed by atoms with Crippen LogP contribution in [0.5, 0.6) is 0 Å². The summed E-state index contributed by atoms with van der Waals surface area (Å²) in [6, 6.07) is 28.9. The number of nitrogens with two attached hydrogens (primary N) is 1. The lowest BCUT2D eigenvalue weighted by atomic mass is 9.95. The second-order valence-corrected chi connectivity index (χ2v) is 6.45. The molecule has 27 heavy (non-hydrogen) atoms. The summed E-state index contributed by atoms with van der Waals surface area (Å²) in [5.74, 6) is 0. The lowest BCUT2D eigenvalue weighted by Crippen LogP contribution is -2.03. The fourth-order valence-corrected chi connectivity index (χ4v) is 3.28. The van der Waals surface area contributed by atoms with Crippen LogP contribution in [0, 0.1) is 6.92 Å². The van der Waals surface area contributed by atoms with Crippen LogP contribution in [0.3, 0.4) is 0 Å². The number of pyridine rings is 1. The zero-order valence-electron chi connectivity index (χ0n) is 15.2. The molecule has 132 valence electrons. The normalized spacial score (nSPS) is 10.6. The molecule has 0 aliphatic heterocycles. The number of nitrogen functional groups attached to an aromatic ring is 1. The van der Waals surface area contributed by atoms with Gasteiger partial charge in [0.25, 0.3) is 0 Å². The Labute approximate surface area is 159 Å². The maximum atomic E-state index is 6.24. The molecular formula is C24H21N3. The van der Waals surface area contributed by atoms with E-state index in [1.165, 1.54) is 0 Å². The second-order valence-electron chi connectivity index (χ2n) is 6.45. The number of nitrogens with zero attached hydrogens (tertiary/aromatic N) is 1. The summed E-state index contributed by atoms with van der Waals surface area (Å²) in [6.07, 6.45) is 1.73. The molecule has 0 aliphatic carbocycles. The molecule has 3 nitrogen and oxygen atoms in total. The first-order valence-electron chi connectivity index (χ1n) is 8.96. The van der Waals surface area contributed by atoms with E-state index in [4.69, 9.17) is 5.73 Å². The highest BCUT2D eigenvalue weighted by atomic mass is 14.9. The Morgan fingerprint density at radius 3 is 1.74 bits per heavy atom. The highest BCUT2D eigenvalue weighted by Crippen LogP contribution is 2.40. The van der Waals surface area contributed by atoms with Gasteiger partial charge in [0.1, 0.15) is 0 Å². The minimum absolute atomic E-state index is 0.685. The predicted octanol–water partition coefficient (Wildman–Crippen LogP) is 6.05. The van der Waals surface area contributed by atoms with Gasteiger partial charge in [-0.1, -0.05) is 78.9 Å². The second kappa shape index (κ2) is 7.34. The zero-order chi connectivity index (χ0) is 18.6. The molecule has 4 rings (SSSR count). The molecule has 0 amide bonds. The summed E-state index contributed by atoms with van der Waals surface area (Å²) in [5, 5.41) is 3.59. The van der Waals surface area contributed by atoms with Gasteiger partial charge in [0.05, 0.1) is 22.8 Å². The average molecular weight is 351 g/mol. The van der Waals surface area contributed by atoms with Crippen molar-refractivity contribution in [1.29, 1.82) is 0 Å². The monoisotopic (exact) mass is 351 g/mol. The Balaban J connectivity index is 1.94. The lowest BCUT2D eigenvalue weighted by Gasteiger charge is -2.19. The number of rotatable bonds is 4.